The van der Waals surface area contributed by atoms with Crippen LogP contribution in [0.25, 0.3) is 0 Å². The lowest BCUT2D eigenvalue weighted by molar-refractivity contribution is 0.0456. The number of nitrogens with zero attached hydrogens (tertiary/aromatic N) is 2. The number of aryl methyl sites for hydroxylation is 1. The van der Waals surface area contributed by atoms with Crippen molar-refractivity contribution >= 4 is 33.8 Å². The lowest BCUT2D eigenvalue weighted by Crippen LogP contribution is -2.49. The summed E-state index contributed by atoms with van der Waals surface area (Å²) in [5.41, 5.74) is 3.67. The van der Waals surface area contributed by atoms with Crippen LogP contribution in [0.3, 0.4) is 0 Å². The van der Waals surface area contributed by atoms with Gasteiger partial charge >= 0.3 is 0 Å². The highest BCUT2D eigenvalue weighted by Gasteiger charge is 2.44. The van der Waals surface area contributed by atoms with E-state index < -0.39 is 22.6 Å². The molecule has 1 saturated carbocycles. The number of hydrogen-bond acceptors (Lipinski definition) is 6. The van der Waals surface area contributed by atoms with Crippen LogP contribution >= 0.6 is 11.6 Å². The SMILES string of the molecule is CC1CC=CC(O)C2CCC2CN2CC3(CCCc4cc(Cl)ccc43)COc3ccc(cc32)C(=O)N=[S-](=O)C1. The van der Waals surface area contributed by atoms with Crippen molar-refractivity contribution in [3.05, 3.63) is 70.3 Å². The predicted molar refractivity (Wildman–Crippen MR) is 155 cm³/mol. The van der Waals surface area contributed by atoms with Crippen LogP contribution in [0.5, 0.6) is 5.75 Å². The molecule has 1 spiro atoms. The van der Waals surface area contributed by atoms with Crippen molar-refractivity contribution < 1.29 is 18.8 Å². The topological polar surface area (TPSA) is 79.2 Å². The van der Waals surface area contributed by atoms with Crippen molar-refractivity contribution in [3.63, 3.8) is 0 Å². The van der Waals surface area contributed by atoms with E-state index in [-0.39, 0.29) is 17.3 Å². The van der Waals surface area contributed by atoms with Gasteiger partial charge in [0.05, 0.1) is 18.4 Å². The Morgan fingerprint density at radius 3 is 2.90 bits per heavy atom. The van der Waals surface area contributed by atoms with Crippen LogP contribution in [-0.2, 0) is 26.6 Å². The molecule has 0 radical (unpaired) electrons. The van der Waals surface area contributed by atoms with Gasteiger partial charge in [0.25, 0.3) is 5.91 Å². The van der Waals surface area contributed by atoms with Crippen molar-refractivity contribution in [2.45, 2.75) is 57.0 Å². The number of rotatable bonds is 0. The van der Waals surface area contributed by atoms with Crippen LogP contribution in [0.4, 0.5) is 5.69 Å². The Bertz CT molecular complexity index is 1390. The number of amides is 1. The summed E-state index contributed by atoms with van der Waals surface area (Å²) in [7, 11) is -1.61. The fourth-order valence-corrected chi connectivity index (χ4v) is 8.07. The van der Waals surface area contributed by atoms with Crippen LogP contribution in [-0.4, -0.2) is 42.6 Å². The summed E-state index contributed by atoms with van der Waals surface area (Å²) in [6, 6.07) is 11.7. The van der Waals surface area contributed by atoms with Gasteiger partial charge in [0.15, 0.2) is 0 Å². The van der Waals surface area contributed by atoms with E-state index in [1.807, 2.05) is 37.3 Å². The second-order valence-electron chi connectivity index (χ2n) is 11.9. The molecule has 2 aromatic rings. The number of anilines is 1. The molecule has 0 saturated heterocycles. The third-order valence-electron chi connectivity index (χ3n) is 9.14. The molecule has 6 nitrogen and oxygen atoms in total. The second kappa shape index (κ2) is 10.9. The van der Waals surface area contributed by atoms with Gasteiger partial charge in [-0.25, -0.2) is 0 Å². The predicted octanol–water partition coefficient (Wildman–Crippen LogP) is 6.08. The molecule has 8 heteroatoms. The molecule has 0 aromatic heterocycles. The highest BCUT2D eigenvalue weighted by atomic mass is 35.5. The fourth-order valence-electron chi connectivity index (χ4n) is 6.89. The average Bonchev–Trinajstić information content (AvgIpc) is 3.03. The highest BCUT2D eigenvalue weighted by molar-refractivity contribution is 7.75. The van der Waals surface area contributed by atoms with Crippen molar-refractivity contribution in [3.8, 4) is 5.75 Å². The van der Waals surface area contributed by atoms with Crippen LogP contribution in [0.2, 0.25) is 5.02 Å². The van der Waals surface area contributed by atoms with Crippen molar-refractivity contribution in [2.24, 2.45) is 22.1 Å². The summed E-state index contributed by atoms with van der Waals surface area (Å²) < 4.78 is 23.2. The first kappa shape index (κ1) is 26.9. The first-order chi connectivity index (χ1) is 18.8. The molecule has 4 aliphatic rings. The van der Waals surface area contributed by atoms with E-state index in [4.69, 9.17) is 16.3 Å². The molecule has 1 N–H and O–H groups in total. The van der Waals surface area contributed by atoms with Crippen LogP contribution < -0.4 is 9.64 Å². The summed E-state index contributed by atoms with van der Waals surface area (Å²) >= 11 is 6.38. The molecule has 5 atom stereocenters. The molecular formula is C31H36ClN2O4S-. The molecule has 2 aliphatic carbocycles. The van der Waals surface area contributed by atoms with E-state index in [0.717, 1.165) is 61.7 Å². The number of aliphatic hydroxyl groups excluding tert-OH is 1. The molecule has 1 fully saturated rings. The molecule has 2 aromatic carbocycles. The van der Waals surface area contributed by atoms with Crippen LogP contribution in [0.15, 0.2) is 52.9 Å². The number of hydrogen-bond donors (Lipinski definition) is 1. The summed E-state index contributed by atoms with van der Waals surface area (Å²) in [5.74, 6) is 1.22. The minimum absolute atomic E-state index is 0.0938. The van der Waals surface area contributed by atoms with Crippen molar-refractivity contribution in [2.75, 3.05) is 30.3 Å². The monoisotopic (exact) mass is 567 g/mol. The largest absolute Gasteiger partial charge is 0.490 e. The molecule has 5 unspecified atom stereocenters. The van der Waals surface area contributed by atoms with Crippen LogP contribution in [0, 0.1) is 17.8 Å². The van der Waals surface area contributed by atoms with Gasteiger partial charge < -0.3 is 23.3 Å². The van der Waals surface area contributed by atoms with Gasteiger partial charge in [-0.15, -0.1) is 0 Å². The molecule has 2 aliphatic heterocycles. The Kier molecular flexibility index (Phi) is 7.51. The second-order valence-corrected chi connectivity index (χ2v) is 13.5. The van der Waals surface area contributed by atoms with E-state index in [0.29, 0.717) is 30.3 Å². The normalized spacial score (nSPS) is 31.4. The zero-order valence-electron chi connectivity index (χ0n) is 22.4. The van der Waals surface area contributed by atoms with Gasteiger partial charge in [-0.1, -0.05) is 48.4 Å². The average molecular weight is 568 g/mol. The number of halogens is 1. The number of fused-ring (bicyclic) bond motifs is 4. The number of aliphatic hydroxyl groups is 1. The fraction of sp³-hybridized carbons (Fsp3) is 0.516. The molecule has 2 heterocycles. The van der Waals surface area contributed by atoms with Gasteiger partial charge in [0, 0.05) is 29.1 Å². The van der Waals surface area contributed by atoms with E-state index in [9.17, 15) is 14.1 Å². The van der Waals surface area contributed by atoms with Gasteiger partial charge in [-0.05, 0) is 91.8 Å². The first-order valence-corrected chi connectivity index (χ1v) is 15.8. The third-order valence-corrected chi connectivity index (χ3v) is 10.6. The molecule has 2 bridgehead atoms. The minimum Gasteiger partial charge on any atom is -0.490 e. The summed E-state index contributed by atoms with van der Waals surface area (Å²) in [4.78, 5) is 15.5. The Morgan fingerprint density at radius 2 is 2.08 bits per heavy atom. The van der Waals surface area contributed by atoms with Gasteiger partial charge in [0.1, 0.15) is 5.75 Å². The lowest BCUT2D eigenvalue weighted by atomic mass is 9.68. The first-order valence-electron chi connectivity index (χ1n) is 14.1. The number of carbonyl (C=O) groups is 1. The molecule has 1 amide bonds. The maximum Gasteiger partial charge on any atom is 0.254 e. The minimum atomic E-state index is -1.61. The number of carbonyl (C=O) groups excluding carboxylic acids is 1. The highest BCUT2D eigenvalue weighted by Crippen LogP contribution is 2.46. The van der Waals surface area contributed by atoms with E-state index in [2.05, 4.69) is 21.4 Å². The third kappa shape index (κ3) is 5.38. The number of benzene rings is 2. The molecule has 6 rings (SSSR count). The molecule has 39 heavy (non-hydrogen) atoms. The maximum atomic E-state index is 13.1. The van der Waals surface area contributed by atoms with E-state index >= 15 is 0 Å². The summed E-state index contributed by atoms with van der Waals surface area (Å²) in [6.07, 6.45) is 9.22. The summed E-state index contributed by atoms with van der Waals surface area (Å²) in [6.45, 7) is 4.06. The maximum absolute atomic E-state index is 13.1. The van der Waals surface area contributed by atoms with E-state index in [1.54, 1.807) is 6.07 Å². The number of allylic oxidation sites excluding steroid dienone is 1. The van der Waals surface area contributed by atoms with Gasteiger partial charge in [-0.3, -0.25) is 4.79 Å². The van der Waals surface area contributed by atoms with Crippen LogP contribution in [0.1, 0.15) is 60.5 Å². The lowest BCUT2D eigenvalue weighted by Gasteiger charge is -2.45. The molecule has 208 valence electrons. The standard InChI is InChI=1S/C31H36ClN2O4S/c1-20-4-2-6-28(35)25-10-7-23(25)16-34-18-31(13-3-5-21-14-24(32)9-11-26(21)31)19-38-29-12-8-22(15-27(29)34)30(36)33-39(37)17-20/h2,6,8-9,11-12,14-15,20,23,25,28,35H,3-5,7,10,13,16-19H2,1H3/q-1. The Labute approximate surface area is 237 Å². The Morgan fingerprint density at radius 1 is 1.21 bits per heavy atom. The number of ether oxygens (including phenoxy) is 1. The van der Waals surface area contributed by atoms with Crippen molar-refractivity contribution in [1.82, 2.24) is 0 Å². The van der Waals surface area contributed by atoms with Crippen molar-refractivity contribution in [1.29, 1.82) is 0 Å². The summed E-state index contributed by atoms with van der Waals surface area (Å²) in [5, 5.41) is 11.8. The quantitative estimate of drug-likeness (QED) is 0.308. The Balaban J connectivity index is 1.43. The molecular weight excluding hydrogens is 532 g/mol. The zero-order chi connectivity index (χ0) is 27.1. The van der Waals surface area contributed by atoms with E-state index in [1.165, 1.54) is 11.1 Å². The Hall–Kier alpha value is -2.35. The zero-order valence-corrected chi connectivity index (χ0v) is 23.9. The van der Waals surface area contributed by atoms with Gasteiger partial charge in [-0.2, -0.15) is 10.6 Å². The van der Waals surface area contributed by atoms with Gasteiger partial charge in [0.2, 0.25) is 0 Å². The smallest absolute Gasteiger partial charge is 0.254 e.